The van der Waals surface area contributed by atoms with Gasteiger partial charge in [-0.3, -0.25) is 0 Å². The summed E-state index contributed by atoms with van der Waals surface area (Å²) in [6.07, 6.45) is 1.90. The number of hydrogen-bond acceptors (Lipinski definition) is 5. The van der Waals surface area contributed by atoms with Crippen LogP contribution in [-0.2, 0) is 22.8 Å². The number of nitrogens with one attached hydrogen (secondary N) is 1. The predicted octanol–water partition coefficient (Wildman–Crippen LogP) is 1.93. The van der Waals surface area contributed by atoms with Crippen molar-refractivity contribution in [3.05, 3.63) is 23.3 Å². The van der Waals surface area contributed by atoms with Crippen LogP contribution in [0.15, 0.2) is 12.1 Å². The van der Waals surface area contributed by atoms with Crippen LogP contribution in [-0.4, -0.2) is 39.2 Å². The zero-order valence-corrected chi connectivity index (χ0v) is 14.6. The van der Waals surface area contributed by atoms with Crippen molar-refractivity contribution in [1.82, 2.24) is 5.32 Å². The lowest BCUT2D eigenvalue weighted by atomic mass is 10.1. The number of hydrogen-bond donors (Lipinski definition) is 1. The lowest BCUT2D eigenvalue weighted by Gasteiger charge is -2.14. The highest BCUT2D eigenvalue weighted by atomic mass is 32.2. The maximum atomic E-state index is 11.5. The van der Waals surface area contributed by atoms with Gasteiger partial charge in [0.15, 0.2) is 9.84 Å². The van der Waals surface area contributed by atoms with Crippen LogP contribution in [0.4, 0.5) is 0 Å². The molecule has 1 aromatic rings. The monoisotopic (exact) mass is 339 g/mol. The van der Waals surface area contributed by atoms with Crippen LogP contribution < -0.4 is 14.8 Å². The molecule has 0 aromatic heterocycles. The van der Waals surface area contributed by atoms with Crippen LogP contribution >= 0.6 is 0 Å². The molecule has 3 rings (SSSR count). The molecular formula is C17H25NO4S. The van der Waals surface area contributed by atoms with Crippen LogP contribution in [0, 0.1) is 5.92 Å². The van der Waals surface area contributed by atoms with Crippen molar-refractivity contribution in [3.63, 3.8) is 0 Å². The Morgan fingerprint density at radius 3 is 2.91 bits per heavy atom. The number of ether oxygens (including phenoxy) is 2. The van der Waals surface area contributed by atoms with Crippen molar-refractivity contribution in [3.8, 4) is 11.5 Å². The van der Waals surface area contributed by atoms with Gasteiger partial charge >= 0.3 is 0 Å². The number of fused-ring (bicyclic) bond motifs is 1. The molecule has 1 aromatic carbocycles. The van der Waals surface area contributed by atoms with E-state index in [2.05, 4.69) is 24.4 Å². The number of benzene rings is 1. The molecule has 0 bridgehead atoms. The van der Waals surface area contributed by atoms with Crippen molar-refractivity contribution in [2.75, 3.05) is 24.7 Å². The molecule has 128 valence electrons. The Hall–Kier alpha value is -1.27. The Morgan fingerprint density at radius 1 is 1.39 bits per heavy atom. The fourth-order valence-electron chi connectivity index (χ4n) is 3.35. The van der Waals surface area contributed by atoms with Crippen molar-refractivity contribution in [2.24, 2.45) is 5.92 Å². The first-order valence-electron chi connectivity index (χ1n) is 8.33. The van der Waals surface area contributed by atoms with Crippen molar-refractivity contribution in [2.45, 2.75) is 39.3 Å². The molecule has 0 amide bonds. The van der Waals surface area contributed by atoms with E-state index in [1.807, 2.05) is 6.92 Å². The Labute approximate surface area is 138 Å². The minimum Gasteiger partial charge on any atom is -0.494 e. The largest absolute Gasteiger partial charge is 0.494 e. The molecule has 0 spiro atoms. The summed E-state index contributed by atoms with van der Waals surface area (Å²) in [5.74, 6) is 2.70. The van der Waals surface area contributed by atoms with Crippen molar-refractivity contribution in [1.29, 1.82) is 0 Å². The van der Waals surface area contributed by atoms with E-state index in [-0.39, 0.29) is 12.0 Å². The molecule has 0 aliphatic carbocycles. The smallest absolute Gasteiger partial charge is 0.150 e. The van der Waals surface area contributed by atoms with E-state index >= 15 is 0 Å². The van der Waals surface area contributed by atoms with Crippen LogP contribution in [0.5, 0.6) is 11.5 Å². The van der Waals surface area contributed by atoms with Gasteiger partial charge in [-0.15, -0.1) is 0 Å². The van der Waals surface area contributed by atoms with Gasteiger partial charge in [0.1, 0.15) is 17.6 Å². The Morgan fingerprint density at radius 2 is 2.22 bits per heavy atom. The lowest BCUT2D eigenvalue weighted by molar-refractivity contribution is 0.254. The van der Waals surface area contributed by atoms with Crippen LogP contribution in [0.3, 0.4) is 0 Å². The second kappa shape index (κ2) is 6.69. The molecule has 0 radical (unpaired) electrons. The highest BCUT2D eigenvalue weighted by Crippen LogP contribution is 2.35. The number of sulfone groups is 1. The van der Waals surface area contributed by atoms with E-state index in [4.69, 9.17) is 9.47 Å². The summed E-state index contributed by atoms with van der Waals surface area (Å²) in [5.41, 5.74) is 2.27. The van der Waals surface area contributed by atoms with Gasteiger partial charge in [-0.25, -0.2) is 8.42 Å². The first-order chi connectivity index (χ1) is 11.0. The highest BCUT2D eigenvalue weighted by molar-refractivity contribution is 7.91. The standard InChI is InChI=1S/C17H25NO4S/c1-3-21-16-7-14-6-12(2)22-17(14)8-15(16)10-18-9-13-4-5-23(19,20)11-13/h7-8,12-13,18H,3-6,9-11H2,1-2H3/t12-,13-/m0/s1. The summed E-state index contributed by atoms with van der Waals surface area (Å²) < 4.78 is 34.6. The molecule has 1 saturated heterocycles. The Bertz CT molecular complexity index is 671. The number of rotatable bonds is 6. The first kappa shape index (κ1) is 16.6. The van der Waals surface area contributed by atoms with Gasteiger partial charge in [-0.1, -0.05) is 0 Å². The Kier molecular flexibility index (Phi) is 4.82. The van der Waals surface area contributed by atoms with E-state index < -0.39 is 9.84 Å². The average molecular weight is 339 g/mol. The second-order valence-electron chi connectivity index (χ2n) is 6.53. The summed E-state index contributed by atoms with van der Waals surface area (Å²) in [5, 5.41) is 3.38. The summed E-state index contributed by atoms with van der Waals surface area (Å²) in [4.78, 5) is 0. The molecule has 6 heteroatoms. The van der Waals surface area contributed by atoms with Crippen molar-refractivity contribution < 1.29 is 17.9 Å². The fraction of sp³-hybridized carbons (Fsp3) is 0.647. The highest BCUT2D eigenvalue weighted by Gasteiger charge is 2.27. The minimum atomic E-state index is -2.81. The van der Waals surface area contributed by atoms with E-state index in [9.17, 15) is 8.42 Å². The third-order valence-corrected chi connectivity index (χ3v) is 6.29. The SMILES string of the molecule is CCOc1cc2c(cc1CNC[C@@H]1CCS(=O)(=O)C1)O[C@@H](C)C2. The third kappa shape index (κ3) is 3.98. The van der Waals surface area contributed by atoms with Gasteiger partial charge in [-0.2, -0.15) is 0 Å². The topological polar surface area (TPSA) is 64.6 Å². The average Bonchev–Trinajstić information content (AvgIpc) is 3.00. The van der Waals surface area contributed by atoms with E-state index in [0.29, 0.717) is 24.7 Å². The molecule has 1 N–H and O–H groups in total. The third-order valence-electron chi connectivity index (χ3n) is 4.45. The van der Waals surface area contributed by atoms with Gasteiger partial charge in [0.2, 0.25) is 0 Å². The second-order valence-corrected chi connectivity index (χ2v) is 8.76. The maximum Gasteiger partial charge on any atom is 0.150 e. The molecular weight excluding hydrogens is 314 g/mol. The van der Waals surface area contributed by atoms with Gasteiger partial charge in [0, 0.05) is 24.1 Å². The summed E-state index contributed by atoms with van der Waals surface area (Å²) in [7, 11) is -2.81. The van der Waals surface area contributed by atoms with E-state index in [1.165, 1.54) is 5.56 Å². The van der Waals surface area contributed by atoms with Gasteiger partial charge in [-0.05, 0) is 44.9 Å². The van der Waals surface area contributed by atoms with E-state index in [0.717, 1.165) is 36.4 Å². The zero-order chi connectivity index (χ0) is 16.4. The lowest BCUT2D eigenvalue weighted by Crippen LogP contribution is -2.23. The summed E-state index contributed by atoms with van der Waals surface area (Å²) in [6.45, 7) is 6.06. The Balaban J connectivity index is 1.64. The molecule has 0 unspecified atom stereocenters. The molecule has 2 atom stereocenters. The molecule has 2 aliphatic rings. The molecule has 1 fully saturated rings. The van der Waals surface area contributed by atoms with Gasteiger partial charge in [0.05, 0.1) is 18.1 Å². The first-order valence-corrected chi connectivity index (χ1v) is 10.2. The molecule has 2 aliphatic heterocycles. The van der Waals surface area contributed by atoms with Crippen molar-refractivity contribution >= 4 is 9.84 Å². The summed E-state index contributed by atoms with van der Waals surface area (Å²) in [6, 6.07) is 4.14. The van der Waals surface area contributed by atoms with Crippen LogP contribution in [0.2, 0.25) is 0 Å². The zero-order valence-electron chi connectivity index (χ0n) is 13.8. The molecule has 0 saturated carbocycles. The van der Waals surface area contributed by atoms with Gasteiger partial charge < -0.3 is 14.8 Å². The van der Waals surface area contributed by atoms with Gasteiger partial charge in [0.25, 0.3) is 0 Å². The molecule has 23 heavy (non-hydrogen) atoms. The van der Waals surface area contributed by atoms with E-state index in [1.54, 1.807) is 0 Å². The fourth-order valence-corrected chi connectivity index (χ4v) is 5.22. The van der Waals surface area contributed by atoms with Crippen LogP contribution in [0.25, 0.3) is 0 Å². The maximum absolute atomic E-state index is 11.5. The summed E-state index contributed by atoms with van der Waals surface area (Å²) >= 11 is 0. The van der Waals surface area contributed by atoms with Crippen LogP contribution in [0.1, 0.15) is 31.4 Å². The predicted molar refractivity (Wildman–Crippen MR) is 89.9 cm³/mol. The molecule has 2 heterocycles. The molecule has 5 nitrogen and oxygen atoms in total. The normalized spacial score (nSPS) is 25.1. The quantitative estimate of drug-likeness (QED) is 0.858. The minimum absolute atomic E-state index is 0.214.